The van der Waals surface area contributed by atoms with Gasteiger partial charge >= 0.3 is 0 Å². The first-order valence-electron chi connectivity index (χ1n) is 9.77. The summed E-state index contributed by atoms with van der Waals surface area (Å²) in [5.41, 5.74) is 1.97. The van der Waals surface area contributed by atoms with Gasteiger partial charge in [-0.2, -0.15) is 0 Å². The highest BCUT2D eigenvalue weighted by atomic mass is 35.5. The number of fused-ring (bicyclic) bond motifs is 2. The van der Waals surface area contributed by atoms with Crippen molar-refractivity contribution in [3.05, 3.63) is 75.4 Å². The molecule has 0 bridgehead atoms. The average molecular weight is 438 g/mol. The van der Waals surface area contributed by atoms with E-state index in [1.54, 1.807) is 54.6 Å². The molecule has 6 nitrogen and oxygen atoms in total. The van der Waals surface area contributed by atoms with Gasteiger partial charge in [-0.1, -0.05) is 11.6 Å². The number of ether oxygens (including phenoxy) is 2. The number of rotatable bonds is 6. The largest absolute Gasteiger partial charge is 0.494 e. The molecule has 0 radical (unpaired) electrons. The van der Waals surface area contributed by atoms with Crippen LogP contribution in [0.15, 0.2) is 63.8 Å². The van der Waals surface area contributed by atoms with Gasteiger partial charge in [-0.15, -0.1) is 0 Å². The van der Waals surface area contributed by atoms with Gasteiger partial charge < -0.3 is 19.2 Å². The summed E-state index contributed by atoms with van der Waals surface area (Å²) in [6, 6.07) is 15.3. The minimum absolute atomic E-state index is 0.161. The van der Waals surface area contributed by atoms with E-state index in [0.717, 1.165) is 11.3 Å². The second-order valence-corrected chi connectivity index (χ2v) is 7.39. The molecule has 0 spiro atoms. The second kappa shape index (κ2) is 8.70. The maximum atomic E-state index is 12.8. The molecular weight excluding hydrogens is 418 g/mol. The van der Waals surface area contributed by atoms with Crippen molar-refractivity contribution in [2.75, 3.05) is 18.5 Å². The molecule has 0 atom stereocenters. The van der Waals surface area contributed by atoms with E-state index in [4.69, 9.17) is 25.5 Å². The summed E-state index contributed by atoms with van der Waals surface area (Å²) < 4.78 is 16.8. The molecule has 1 aromatic heterocycles. The van der Waals surface area contributed by atoms with Crippen LogP contribution in [0.4, 0.5) is 5.69 Å². The summed E-state index contributed by atoms with van der Waals surface area (Å²) >= 11 is 6.14. The highest BCUT2D eigenvalue weighted by Gasteiger charge is 2.12. The van der Waals surface area contributed by atoms with Gasteiger partial charge in [-0.05, 0) is 67.9 Å². The van der Waals surface area contributed by atoms with Crippen molar-refractivity contribution in [2.24, 2.45) is 0 Å². The number of carbonyl (C=O) groups is 1. The van der Waals surface area contributed by atoms with Gasteiger partial charge in [0.1, 0.15) is 22.7 Å². The number of hydrogen-bond donors (Lipinski definition) is 1. The SMILES string of the molecule is CCOc1ccc(OCC(=O)Nc2ccc3c(=O)c4cc(Cl)c(C)cc4oc3c2)cc1. The maximum absolute atomic E-state index is 12.8. The molecule has 0 unspecified atom stereocenters. The summed E-state index contributed by atoms with van der Waals surface area (Å²) in [5.74, 6) is 0.963. The van der Waals surface area contributed by atoms with Crippen LogP contribution in [0.3, 0.4) is 0 Å². The maximum Gasteiger partial charge on any atom is 0.262 e. The highest BCUT2D eigenvalue weighted by molar-refractivity contribution is 6.32. The molecule has 0 saturated heterocycles. The van der Waals surface area contributed by atoms with Gasteiger partial charge in [0, 0.05) is 16.8 Å². The van der Waals surface area contributed by atoms with Gasteiger partial charge in [0.2, 0.25) is 5.43 Å². The van der Waals surface area contributed by atoms with Crippen LogP contribution in [0.2, 0.25) is 5.02 Å². The van der Waals surface area contributed by atoms with Gasteiger partial charge in [0.15, 0.2) is 6.61 Å². The molecule has 3 aromatic carbocycles. The zero-order chi connectivity index (χ0) is 22.0. The van der Waals surface area contributed by atoms with Crippen molar-refractivity contribution < 1.29 is 18.7 Å². The first kappa shape index (κ1) is 20.8. The first-order chi connectivity index (χ1) is 14.9. The Kier molecular flexibility index (Phi) is 5.82. The van der Waals surface area contributed by atoms with Crippen molar-refractivity contribution >= 4 is 45.1 Å². The molecule has 0 fully saturated rings. The van der Waals surface area contributed by atoms with E-state index >= 15 is 0 Å². The van der Waals surface area contributed by atoms with Crippen LogP contribution >= 0.6 is 11.6 Å². The monoisotopic (exact) mass is 437 g/mol. The smallest absolute Gasteiger partial charge is 0.262 e. The van der Waals surface area contributed by atoms with E-state index in [1.165, 1.54) is 0 Å². The summed E-state index contributed by atoms with van der Waals surface area (Å²) in [6.45, 7) is 4.17. The Bertz CT molecular complexity index is 1330. The number of nitrogens with one attached hydrogen (secondary N) is 1. The lowest BCUT2D eigenvalue weighted by Gasteiger charge is -2.09. The molecule has 1 heterocycles. The van der Waals surface area contributed by atoms with Crippen LogP contribution < -0.4 is 20.2 Å². The first-order valence-corrected chi connectivity index (χ1v) is 10.1. The molecule has 31 heavy (non-hydrogen) atoms. The molecule has 0 saturated carbocycles. The second-order valence-electron chi connectivity index (χ2n) is 6.98. The van der Waals surface area contributed by atoms with Crippen molar-refractivity contribution in [2.45, 2.75) is 13.8 Å². The predicted molar refractivity (Wildman–Crippen MR) is 121 cm³/mol. The Labute approximate surface area is 183 Å². The van der Waals surface area contributed by atoms with E-state index in [0.29, 0.717) is 45.0 Å². The quantitative estimate of drug-likeness (QED) is 0.413. The normalized spacial score (nSPS) is 10.9. The Hall–Kier alpha value is -3.51. The lowest BCUT2D eigenvalue weighted by atomic mass is 10.1. The third kappa shape index (κ3) is 4.49. The predicted octanol–water partition coefficient (Wildman–Crippen LogP) is 5.32. The van der Waals surface area contributed by atoms with Crippen molar-refractivity contribution in [1.29, 1.82) is 0 Å². The minimum Gasteiger partial charge on any atom is -0.494 e. The van der Waals surface area contributed by atoms with Crippen LogP contribution in [0.1, 0.15) is 12.5 Å². The molecule has 1 amide bonds. The summed E-state index contributed by atoms with van der Waals surface area (Å²) in [5, 5.41) is 4.10. The van der Waals surface area contributed by atoms with Gasteiger partial charge in [-0.3, -0.25) is 9.59 Å². The van der Waals surface area contributed by atoms with Crippen LogP contribution in [-0.2, 0) is 4.79 Å². The summed E-state index contributed by atoms with van der Waals surface area (Å²) in [6.07, 6.45) is 0. The summed E-state index contributed by atoms with van der Waals surface area (Å²) in [4.78, 5) is 25.1. The van der Waals surface area contributed by atoms with Crippen LogP contribution in [0.5, 0.6) is 11.5 Å². The van der Waals surface area contributed by atoms with E-state index < -0.39 is 0 Å². The van der Waals surface area contributed by atoms with E-state index in [2.05, 4.69) is 5.32 Å². The average Bonchev–Trinajstić information content (AvgIpc) is 2.75. The number of aryl methyl sites for hydroxylation is 1. The topological polar surface area (TPSA) is 77.8 Å². The van der Waals surface area contributed by atoms with Crippen LogP contribution in [0, 0.1) is 6.92 Å². The number of anilines is 1. The van der Waals surface area contributed by atoms with Gasteiger partial charge in [0.25, 0.3) is 5.91 Å². The lowest BCUT2D eigenvalue weighted by molar-refractivity contribution is -0.118. The number of benzene rings is 3. The molecule has 7 heteroatoms. The van der Waals surface area contributed by atoms with Gasteiger partial charge in [-0.25, -0.2) is 0 Å². The molecule has 4 aromatic rings. The summed E-state index contributed by atoms with van der Waals surface area (Å²) in [7, 11) is 0. The highest BCUT2D eigenvalue weighted by Crippen LogP contribution is 2.26. The fraction of sp³-hybridized carbons (Fsp3) is 0.167. The zero-order valence-corrected chi connectivity index (χ0v) is 17.8. The molecule has 0 aliphatic carbocycles. The zero-order valence-electron chi connectivity index (χ0n) is 17.0. The Morgan fingerprint density at radius 3 is 2.35 bits per heavy atom. The third-order valence-electron chi connectivity index (χ3n) is 4.74. The fourth-order valence-corrected chi connectivity index (χ4v) is 3.36. The Morgan fingerprint density at radius 2 is 1.65 bits per heavy atom. The standard InChI is InChI=1S/C24H20ClNO5/c1-3-29-16-5-7-17(8-6-16)30-13-23(27)26-15-4-9-18-22(11-15)31-21-10-14(2)20(25)12-19(21)24(18)28/h4-12H,3,13H2,1-2H3,(H,26,27). The molecule has 0 aliphatic heterocycles. The molecular formula is C24H20ClNO5. The molecule has 0 aliphatic rings. The van der Waals surface area contributed by atoms with Crippen LogP contribution in [0.25, 0.3) is 21.9 Å². The van der Waals surface area contributed by atoms with Crippen molar-refractivity contribution in [3.63, 3.8) is 0 Å². The minimum atomic E-state index is -0.334. The Morgan fingerprint density at radius 1 is 0.968 bits per heavy atom. The molecule has 4 rings (SSSR count). The van der Waals surface area contributed by atoms with E-state index in [1.807, 2.05) is 13.8 Å². The molecule has 158 valence electrons. The molecule has 1 N–H and O–H groups in total. The Balaban J connectivity index is 1.50. The third-order valence-corrected chi connectivity index (χ3v) is 5.15. The van der Waals surface area contributed by atoms with Crippen LogP contribution in [-0.4, -0.2) is 19.1 Å². The van der Waals surface area contributed by atoms with Crippen molar-refractivity contribution in [3.8, 4) is 11.5 Å². The number of halogens is 1. The van der Waals surface area contributed by atoms with Gasteiger partial charge in [0.05, 0.1) is 17.4 Å². The van der Waals surface area contributed by atoms with Crippen molar-refractivity contribution in [1.82, 2.24) is 0 Å². The number of carbonyl (C=O) groups excluding carboxylic acids is 1. The van der Waals surface area contributed by atoms with E-state index in [-0.39, 0.29) is 17.9 Å². The van der Waals surface area contributed by atoms with E-state index in [9.17, 15) is 9.59 Å². The fourth-order valence-electron chi connectivity index (χ4n) is 3.20. The number of hydrogen-bond acceptors (Lipinski definition) is 5. The lowest BCUT2D eigenvalue weighted by Crippen LogP contribution is -2.20. The number of amides is 1.